The molecule has 0 spiro atoms. The van der Waals surface area contributed by atoms with Crippen LogP contribution in [0.1, 0.15) is 0 Å². The molecule has 0 amide bonds. The Morgan fingerprint density at radius 2 is 1.92 bits per heavy atom. The van der Waals surface area contributed by atoms with Gasteiger partial charge in [-0.3, -0.25) is 4.57 Å². The minimum atomic E-state index is -3.34. The Morgan fingerprint density at radius 1 is 1.38 bits per heavy atom. The summed E-state index contributed by atoms with van der Waals surface area (Å²) >= 11 is 0. The molecule has 0 aromatic rings. The zero-order valence-electron chi connectivity index (χ0n) is 7.44. The normalized spacial score (nSPS) is 33.5. The molecule has 0 N–H and O–H groups in total. The van der Waals surface area contributed by atoms with E-state index in [1.54, 1.807) is 0 Å². The van der Waals surface area contributed by atoms with Gasteiger partial charge in [0.2, 0.25) is 0 Å². The van der Waals surface area contributed by atoms with Gasteiger partial charge in [0.15, 0.2) is 17.2 Å². The summed E-state index contributed by atoms with van der Waals surface area (Å²) in [7, 11) is -6.15. The van der Waals surface area contributed by atoms with Crippen LogP contribution in [-0.4, -0.2) is 45.5 Å². The van der Waals surface area contributed by atoms with E-state index in [4.69, 9.17) is 4.52 Å². The summed E-state index contributed by atoms with van der Waals surface area (Å²) in [5, 5.41) is 0. The zero-order chi connectivity index (χ0) is 10.3. The molecular weight excluding hydrogens is 218 g/mol. The molecule has 0 radical (unpaired) electrons. The van der Waals surface area contributed by atoms with Gasteiger partial charge in [-0.2, -0.15) is 0 Å². The van der Waals surface area contributed by atoms with E-state index in [1.807, 2.05) is 0 Å². The van der Waals surface area contributed by atoms with Crippen molar-refractivity contribution in [3.8, 4) is 0 Å². The summed E-state index contributed by atoms with van der Waals surface area (Å²) in [4.78, 5) is 0. The first-order chi connectivity index (χ1) is 5.70. The lowest BCUT2D eigenvalue weighted by atomic mass is 10.3. The smallest absolute Gasteiger partial charge is 0.197 e. The number of halogens is 1. The molecule has 1 saturated heterocycles. The molecule has 1 fully saturated rings. The second-order valence-electron chi connectivity index (χ2n) is 3.49. The fraction of sp³-hybridized carbons (Fsp3) is 1.00. The highest BCUT2D eigenvalue weighted by molar-refractivity contribution is 7.91. The van der Waals surface area contributed by atoms with Gasteiger partial charge in [-0.1, -0.05) is 0 Å². The Bertz CT molecular complexity index is 333. The lowest BCUT2D eigenvalue weighted by molar-refractivity contribution is 0.145. The van der Waals surface area contributed by atoms with Crippen LogP contribution in [0.5, 0.6) is 0 Å². The summed E-state index contributed by atoms with van der Waals surface area (Å²) in [6, 6.07) is 0. The monoisotopic (exact) mass is 230 g/mol. The molecule has 7 heteroatoms. The fourth-order valence-electron chi connectivity index (χ4n) is 1.20. The molecule has 1 aliphatic heterocycles. The van der Waals surface area contributed by atoms with Crippen LogP contribution in [-0.2, 0) is 18.9 Å². The van der Waals surface area contributed by atoms with Gasteiger partial charge in [0.25, 0.3) is 0 Å². The summed E-state index contributed by atoms with van der Waals surface area (Å²) < 4.78 is 50.8. The fourth-order valence-corrected chi connectivity index (χ4v) is 3.77. The van der Waals surface area contributed by atoms with E-state index >= 15 is 0 Å². The van der Waals surface area contributed by atoms with Gasteiger partial charge in [-0.15, -0.1) is 0 Å². The minimum absolute atomic E-state index is 0.361. The first kappa shape index (κ1) is 11.1. The maximum atomic E-state index is 13.0. The van der Waals surface area contributed by atoms with Crippen LogP contribution in [0.2, 0.25) is 0 Å². The van der Waals surface area contributed by atoms with E-state index in [2.05, 4.69) is 0 Å². The van der Waals surface area contributed by atoms with Gasteiger partial charge in [-0.05, 0) is 0 Å². The van der Waals surface area contributed by atoms with Crippen molar-refractivity contribution in [1.82, 2.24) is 0 Å². The largest absolute Gasteiger partial charge is 0.321 e. The maximum Gasteiger partial charge on any atom is 0.197 e. The van der Waals surface area contributed by atoms with E-state index < -0.39 is 35.2 Å². The third-order valence-electron chi connectivity index (χ3n) is 1.62. The number of hydrogen-bond acceptors (Lipinski definition) is 4. The molecule has 1 heterocycles. The molecule has 1 aliphatic rings. The summed E-state index contributed by atoms with van der Waals surface area (Å²) in [6.07, 6.45) is -2.59. The van der Waals surface area contributed by atoms with Gasteiger partial charge in [0.1, 0.15) is 12.3 Å². The summed E-state index contributed by atoms with van der Waals surface area (Å²) in [5.41, 5.74) is 0. The third-order valence-corrected chi connectivity index (χ3v) is 4.07. The van der Waals surface area contributed by atoms with Crippen molar-refractivity contribution in [2.24, 2.45) is 0 Å². The van der Waals surface area contributed by atoms with Crippen molar-refractivity contribution in [3.05, 3.63) is 0 Å². The van der Waals surface area contributed by atoms with Crippen LogP contribution in [0.3, 0.4) is 0 Å². The molecule has 2 atom stereocenters. The van der Waals surface area contributed by atoms with Crippen LogP contribution in [0.4, 0.5) is 4.39 Å². The van der Waals surface area contributed by atoms with Gasteiger partial charge < -0.3 is 4.52 Å². The molecule has 0 aliphatic carbocycles. The van der Waals surface area contributed by atoms with Crippen molar-refractivity contribution in [1.29, 1.82) is 0 Å². The molecule has 0 bridgehead atoms. The van der Waals surface area contributed by atoms with E-state index in [-0.39, 0.29) is 5.75 Å². The number of alkyl halides is 1. The second kappa shape index (κ2) is 3.33. The molecule has 4 nitrogen and oxygen atoms in total. The molecule has 1 rings (SSSR count). The Balaban J connectivity index is 2.70. The topological polar surface area (TPSA) is 60.4 Å². The van der Waals surface area contributed by atoms with Gasteiger partial charge in [0, 0.05) is 13.3 Å². The highest BCUT2D eigenvalue weighted by Gasteiger charge is 2.40. The van der Waals surface area contributed by atoms with Crippen molar-refractivity contribution in [2.75, 3.05) is 24.8 Å². The van der Waals surface area contributed by atoms with Crippen LogP contribution in [0.15, 0.2) is 0 Å². The van der Waals surface area contributed by atoms with Crippen LogP contribution >= 0.6 is 7.37 Å². The average Bonchev–Trinajstić information content (AvgIpc) is 2.00. The van der Waals surface area contributed by atoms with Gasteiger partial charge >= 0.3 is 0 Å². The van der Waals surface area contributed by atoms with Gasteiger partial charge in [0.05, 0.1) is 11.5 Å². The Hall–Kier alpha value is 0.0700. The Labute approximate surface area is 76.8 Å². The molecule has 13 heavy (non-hydrogen) atoms. The average molecular weight is 230 g/mol. The van der Waals surface area contributed by atoms with Crippen LogP contribution < -0.4 is 0 Å². The minimum Gasteiger partial charge on any atom is -0.321 e. The first-order valence-corrected chi connectivity index (χ1v) is 8.11. The predicted molar refractivity (Wildman–Crippen MR) is 47.9 cm³/mol. The first-order valence-electron chi connectivity index (χ1n) is 3.77. The Morgan fingerprint density at radius 3 is 2.23 bits per heavy atom. The molecule has 0 saturated carbocycles. The predicted octanol–water partition coefficient (Wildman–Crippen LogP) is 0.676. The van der Waals surface area contributed by atoms with Crippen molar-refractivity contribution < 1.29 is 21.9 Å². The number of sulfone groups is 1. The van der Waals surface area contributed by atoms with Crippen molar-refractivity contribution in [2.45, 2.75) is 12.3 Å². The zero-order valence-corrected chi connectivity index (χ0v) is 9.15. The maximum absolute atomic E-state index is 13.0. The standard InChI is InChI=1S/C6H12FO4PS/c1-12(2,8)11-6-4-13(9,10)3-5(6)7/h5-6H,3-4H2,1-2H3. The lowest BCUT2D eigenvalue weighted by Gasteiger charge is -2.15. The van der Waals surface area contributed by atoms with Crippen LogP contribution in [0.25, 0.3) is 0 Å². The lowest BCUT2D eigenvalue weighted by Crippen LogP contribution is -2.21. The van der Waals surface area contributed by atoms with E-state index in [0.717, 1.165) is 0 Å². The molecule has 0 aromatic heterocycles. The van der Waals surface area contributed by atoms with Crippen LogP contribution in [0, 0.1) is 0 Å². The molecule has 0 aromatic carbocycles. The van der Waals surface area contributed by atoms with Crippen molar-refractivity contribution in [3.63, 3.8) is 0 Å². The quantitative estimate of drug-likeness (QED) is 0.654. The highest BCUT2D eigenvalue weighted by atomic mass is 32.2. The Kier molecular flexibility index (Phi) is 2.86. The highest BCUT2D eigenvalue weighted by Crippen LogP contribution is 2.41. The third kappa shape index (κ3) is 3.37. The van der Waals surface area contributed by atoms with Crippen molar-refractivity contribution >= 4 is 17.2 Å². The van der Waals surface area contributed by atoms with E-state index in [1.165, 1.54) is 13.3 Å². The molecule has 78 valence electrons. The summed E-state index contributed by atoms with van der Waals surface area (Å²) in [5.74, 6) is -0.877. The molecular formula is C6H12FO4PS. The SMILES string of the molecule is CP(C)(=O)OC1CS(=O)(=O)CC1F. The molecule has 2 unspecified atom stereocenters. The van der Waals surface area contributed by atoms with E-state index in [0.29, 0.717) is 0 Å². The van der Waals surface area contributed by atoms with Gasteiger partial charge in [-0.25, -0.2) is 12.8 Å². The summed E-state index contributed by atoms with van der Waals surface area (Å²) in [6.45, 7) is 2.68. The number of rotatable bonds is 2. The second-order valence-corrected chi connectivity index (χ2v) is 8.36. The van der Waals surface area contributed by atoms with E-state index in [9.17, 15) is 17.4 Å². The number of hydrogen-bond donors (Lipinski definition) is 0.